The second kappa shape index (κ2) is 13.5. The molecular formula is C22H37IN6. The summed E-state index contributed by atoms with van der Waals surface area (Å²) in [5.41, 5.74) is 5.05. The predicted molar refractivity (Wildman–Crippen MR) is 135 cm³/mol. The zero-order valence-corrected chi connectivity index (χ0v) is 20.9. The largest absolute Gasteiger partial charge is 0.372 e. The maximum Gasteiger partial charge on any atom is 0.191 e. The Bertz CT molecular complexity index is 741. The molecule has 0 aliphatic carbocycles. The van der Waals surface area contributed by atoms with Crippen molar-refractivity contribution in [2.45, 2.75) is 46.6 Å². The molecule has 7 heteroatoms. The minimum atomic E-state index is 0. The van der Waals surface area contributed by atoms with Gasteiger partial charge < -0.3 is 15.5 Å². The Morgan fingerprint density at radius 1 is 1.10 bits per heavy atom. The molecular weight excluding hydrogens is 475 g/mol. The van der Waals surface area contributed by atoms with Crippen LogP contribution in [-0.2, 0) is 26.4 Å². The molecule has 0 bridgehead atoms. The van der Waals surface area contributed by atoms with Crippen molar-refractivity contribution in [1.82, 2.24) is 20.4 Å². The molecule has 2 N–H and O–H groups in total. The number of para-hydroxylation sites is 1. The Balaban J connectivity index is 0.00000420. The number of aliphatic imine (C=N–C) groups is 1. The average Bonchev–Trinajstić information content (AvgIpc) is 3.05. The second-order valence-electron chi connectivity index (χ2n) is 6.82. The van der Waals surface area contributed by atoms with Gasteiger partial charge in [-0.25, -0.2) is 0 Å². The number of aromatic nitrogens is 2. The smallest absolute Gasteiger partial charge is 0.191 e. The lowest BCUT2D eigenvalue weighted by atomic mass is 10.1. The minimum absolute atomic E-state index is 0. The van der Waals surface area contributed by atoms with Crippen LogP contribution in [0.4, 0.5) is 5.69 Å². The monoisotopic (exact) mass is 512 g/mol. The van der Waals surface area contributed by atoms with Crippen molar-refractivity contribution in [3.63, 3.8) is 0 Å². The van der Waals surface area contributed by atoms with Gasteiger partial charge in [0.2, 0.25) is 0 Å². The molecule has 0 atom stereocenters. The van der Waals surface area contributed by atoms with E-state index in [1.807, 2.05) is 18.8 Å². The van der Waals surface area contributed by atoms with Crippen molar-refractivity contribution in [2.24, 2.45) is 12.0 Å². The zero-order chi connectivity index (χ0) is 20.4. The summed E-state index contributed by atoms with van der Waals surface area (Å²) in [4.78, 5) is 6.77. The number of benzene rings is 1. The Morgan fingerprint density at radius 3 is 2.41 bits per heavy atom. The van der Waals surface area contributed by atoms with Gasteiger partial charge in [0, 0.05) is 57.2 Å². The van der Waals surface area contributed by atoms with Crippen LogP contribution in [0.3, 0.4) is 0 Å². The first-order valence-electron chi connectivity index (χ1n) is 10.4. The van der Waals surface area contributed by atoms with Gasteiger partial charge in [0.25, 0.3) is 0 Å². The van der Waals surface area contributed by atoms with Crippen LogP contribution in [0, 0.1) is 0 Å². The van der Waals surface area contributed by atoms with E-state index in [4.69, 9.17) is 0 Å². The molecule has 0 radical (unpaired) electrons. The summed E-state index contributed by atoms with van der Waals surface area (Å²) in [7, 11) is 3.85. The lowest BCUT2D eigenvalue weighted by Gasteiger charge is -2.23. The Labute approximate surface area is 193 Å². The van der Waals surface area contributed by atoms with Crippen LogP contribution in [0.1, 0.15) is 44.1 Å². The molecule has 29 heavy (non-hydrogen) atoms. The highest BCUT2D eigenvalue weighted by molar-refractivity contribution is 14.0. The van der Waals surface area contributed by atoms with Gasteiger partial charge in [-0.1, -0.05) is 32.0 Å². The number of halogens is 1. The van der Waals surface area contributed by atoms with Crippen LogP contribution >= 0.6 is 24.0 Å². The normalized spacial score (nSPS) is 11.1. The Kier molecular flexibility index (Phi) is 11.7. The number of hydrogen-bond donors (Lipinski definition) is 2. The van der Waals surface area contributed by atoms with Crippen LogP contribution < -0.4 is 15.5 Å². The third kappa shape index (κ3) is 7.21. The number of nitrogens with zero attached hydrogens (tertiary/aromatic N) is 4. The summed E-state index contributed by atoms with van der Waals surface area (Å²) < 4.78 is 2.01. The van der Waals surface area contributed by atoms with Crippen LogP contribution in [-0.4, -0.2) is 42.4 Å². The fourth-order valence-electron chi connectivity index (χ4n) is 3.57. The number of nitrogens with one attached hydrogen (secondary N) is 2. The molecule has 0 spiro atoms. The van der Waals surface area contributed by atoms with Gasteiger partial charge in [0.15, 0.2) is 5.96 Å². The lowest BCUT2D eigenvalue weighted by Crippen LogP contribution is -2.38. The van der Waals surface area contributed by atoms with Crippen molar-refractivity contribution < 1.29 is 0 Å². The van der Waals surface area contributed by atoms with E-state index >= 15 is 0 Å². The molecule has 2 rings (SSSR count). The van der Waals surface area contributed by atoms with Crippen molar-refractivity contribution >= 4 is 35.6 Å². The molecule has 0 saturated heterocycles. The van der Waals surface area contributed by atoms with E-state index in [1.165, 1.54) is 22.6 Å². The molecule has 2 aromatic rings. The van der Waals surface area contributed by atoms with Crippen molar-refractivity contribution in [3.8, 4) is 0 Å². The van der Waals surface area contributed by atoms with Gasteiger partial charge in [0.05, 0.1) is 5.69 Å². The molecule has 0 unspecified atom stereocenters. The minimum Gasteiger partial charge on any atom is -0.372 e. The molecule has 0 saturated carbocycles. The van der Waals surface area contributed by atoms with Crippen molar-refractivity contribution in [1.29, 1.82) is 0 Å². The maximum absolute atomic E-state index is 4.65. The van der Waals surface area contributed by atoms with Crippen LogP contribution in [0.2, 0.25) is 0 Å². The van der Waals surface area contributed by atoms with E-state index in [-0.39, 0.29) is 24.0 Å². The number of guanidine groups is 1. The number of anilines is 1. The summed E-state index contributed by atoms with van der Waals surface area (Å²) in [6, 6.07) is 10.6. The van der Waals surface area contributed by atoms with Crippen molar-refractivity contribution in [3.05, 3.63) is 47.3 Å². The molecule has 6 nitrogen and oxygen atoms in total. The molecule has 162 valence electrons. The molecule has 0 amide bonds. The van der Waals surface area contributed by atoms with Crippen LogP contribution in [0.5, 0.6) is 0 Å². The summed E-state index contributed by atoms with van der Waals surface area (Å²) in [6.07, 6.45) is 2.98. The highest BCUT2D eigenvalue weighted by atomic mass is 127. The second-order valence-corrected chi connectivity index (χ2v) is 6.82. The Morgan fingerprint density at radius 2 is 1.83 bits per heavy atom. The van der Waals surface area contributed by atoms with Crippen LogP contribution in [0.25, 0.3) is 0 Å². The first kappa shape index (κ1) is 25.3. The van der Waals surface area contributed by atoms with E-state index in [9.17, 15) is 0 Å². The molecule has 0 fully saturated rings. The van der Waals surface area contributed by atoms with Gasteiger partial charge in [0.1, 0.15) is 0 Å². The molecule has 1 aromatic heterocycles. The molecule has 0 aliphatic heterocycles. The zero-order valence-electron chi connectivity index (χ0n) is 18.5. The van der Waals surface area contributed by atoms with E-state index in [2.05, 4.69) is 76.7 Å². The quantitative estimate of drug-likeness (QED) is 0.221. The maximum atomic E-state index is 4.65. The van der Waals surface area contributed by atoms with Gasteiger partial charge in [-0.15, -0.1) is 24.0 Å². The van der Waals surface area contributed by atoms with Gasteiger partial charge in [-0.2, -0.15) is 5.10 Å². The van der Waals surface area contributed by atoms with Gasteiger partial charge in [-0.05, 0) is 38.3 Å². The van der Waals surface area contributed by atoms with E-state index in [1.54, 1.807) is 0 Å². The topological polar surface area (TPSA) is 57.5 Å². The molecule has 1 aromatic carbocycles. The standard InChI is InChI=1S/C22H36N6.HI/c1-6-20-19(21(7-2)27(5)26-20)17-25-22(23-4)24-15-12-16-28(8-3)18-13-10-9-11-14-18;/h9-11,13-14H,6-8,12,15-17H2,1-5H3,(H2,23,24,25);1H. The lowest BCUT2D eigenvalue weighted by molar-refractivity contribution is 0.699. The fraction of sp³-hybridized carbons (Fsp3) is 0.545. The summed E-state index contributed by atoms with van der Waals surface area (Å²) >= 11 is 0. The van der Waals surface area contributed by atoms with E-state index in [0.717, 1.165) is 51.4 Å². The first-order valence-corrected chi connectivity index (χ1v) is 10.4. The number of rotatable bonds is 10. The number of aryl methyl sites for hydroxylation is 2. The Hall–Kier alpha value is -1.77. The van der Waals surface area contributed by atoms with E-state index < -0.39 is 0 Å². The highest BCUT2D eigenvalue weighted by Crippen LogP contribution is 2.15. The fourth-order valence-corrected chi connectivity index (χ4v) is 3.57. The molecule has 0 aliphatic rings. The summed E-state index contributed by atoms with van der Waals surface area (Å²) in [5.74, 6) is 0.843. The highest BCUT2D eigenvalue weighted by Gasteiger charge is 2.13. The number of hydrogen-bond acceptors (Lipinski definition) is 3. The predicted octanol–water partition coefficient (Wildman–Crippen LogP) is 3.74. The summed E-state index contributed by atoms with van der Waals surface area (Å²) in [6.45, 7) is 10.2. The van der Waals surface area contributed by atoms with Crippen LogP contribution in [0.15, 0.2) is 35.3 Å². The third-order valence-electron chi connectivity index (χ3n) is 5.08. The average molecular weight is 512 g/mol. The van der Waals surface area contributed by atoms with Crippen molar-refractivity contribution in [2.75, 3.05) is 31.6 Å². The van der Waals surface area contributed by atoms with Gasteiger partial charge in [-0.3, -0.25) is 9.67 Å². The van der Waals surface area contributed by atoms with E-state index in [0.29, 0.717) is 0 Å². The SMILES string of the molecule is CCc1nn(C)c(CC)c1CNC(=NC)NCCCN(CC)c1ccccc1.I. The summed E-state index contributed by atoms with van der Waals surface area (Å²) in [5, 5.41) is 11.5. The third-order valence-corrected chi connectivity index (χ3v) is 5.08. The van der Waals surface area contributed by atoms with Gasteiger partial charge >= 0.3 is 0 Å². The first-order chi connectivity index (χ1) is 13.6. The molecule has 1 heterocycles.